The van der Waals surface area contributed by atoms with Crippen molar-refractivity contribution in [1.82, 2.24) is 4.98 Å². The normalized spacial score (nSPS) is 11.4. The Balaban J connectivity index is 2.02. The van der Waals surface area contributed by atoms with Crippen molar-refractivity contribution in [3.63, 3.8) is 0 Å². The van der Waals surface area contributed by atoms with E-state index in [1.54, 1.807) is 36.2 Å². The Morgan fingerprint density at radius 2 is 2.08 bits per heavy atom. The molecule has 0 saturated heterocycles. The van der Waals surface area contributed by atoms with Gasteiger partial charge in [0.15, 0.2) is 0 Å². The van der Waals surface area contributed by atoms with Gasteiger partial charge in [0.05, 0.1) is 21.7 Å². The summed E-state index contributed by atoms with van der Waals surface area (Å²) in [6.45, 7) is 3.88. The van der Waals surface area contributed by atoms with Crippen molar-refractivity contribution < 1.29 is 8.42 Å². The molecule has 134 valence electrons. The first kappa shape index (κ1) is 18.2. The highest BCUT2D eigenvalue weighted by atomic mass is 32.2. The molecule has 0 saturated carbocycles. The average Bonchev–Trinajstić information content (AvgIpc) is 3.04. The van der Waals surface area contributed by atoms with E-state index < -0.39 is 10.0 Å². The van der Waals surface area contributed by atoms with E-state index in [1.165, 1.54) is 12.1 Å². The number of nitrogen functional groups attached to an aromatic ring is 1. The molecule has 1 heterocycles. The van der Waals surface area contributed by atoms with Gasteiger partial charge in [-0.25, -0.2) is 8.42 Å². The highest BCUT2D eigenvalue weighted by molar-refractivity contribution is 7.99. The number of nitrogens with two attached hydrogens (primary N) is 1. The number of anilines is 2. The lowest BCUT2D eigenvalue weighted by Crippen LogP contribution is -2.13. The van der Waals surface area contributed by atoms with Gasteiger partial charge >= 0.3 is 0 Å². The zero-order chi connectivity index (χ0) is 18.9. The number of hydrogen-bond acceptors (Lipinski definition) is 5. The molecular weight excluding hydrogens is 368 g/mol. The Hall–Kier alpha value is -2.63. The summed E-state index contributed by atoms with van der Waals surface area (Å²) in [5.41, 5.74) is 8.74. The fourth-order valence-corrected chi connectivity index (χ4v) is 4.59. The van der Waals surface area contributed by atoms with Gasteiger partial charge in [0.2, 0.25) is 0 Å². The Morgan fingerprint density at radius 1 is 1.31 bits per heavy atom. The maximum absolute atomic E-state index is 12.8. The highest BCUT2D eigenvalue weighted by Gasteiger charge is 2.19. The molecule has 0 spiro atoms. The fraction of sp³-hybridized carbons (Fsp3) is 0.167. The van der Waals surface area contributed by atoms with Crippen LogP contribution in [0.15, 0.2) is 46.3 Å². The first-order chi connectivity index (χ1) is 12.4. The zero-order valence-corrected chi connectivity index (χ0v) is 16.0. The number of rotatable bonds is 5. The molecule has 2 aromatic carbocycles. The smallest absolute Gasteiger partial charge is 0.262 e. The van der Waals surface area contributed by atoms with E-state index in [0.717, 1.165) is 16.2 Å². The lowest BCUT2D eigenvalue weighted by Gasteiger charge is -2.12. The molecule has 3 aromatic rings. The second kappa shape index (κ2) is 6.94. The van der Waals surface area contributed by atoms with Gasteiger partial charge in [0.1, 0.15) is 6.07 Å². The zero-order valence-electron chi connectivity index (χ0n) is 14.3. The molecule has 0 aliphatic heterocycles. The molecule has 0 unspecified atom stereocenters. The van der Waals surface area contributed by atoms with Crippen LogP contribution in [-0.2, 0) is 10.0 Å². The topological polar surface area (TPSA) is 112 Å². The molecule has 0 aliphatic carbocycles. The number of thioether (sulfide) groups is 1. The van der Waals surface area contributed by atoms with Crippen LogP contribution in [0.4, 0.5) is 11.4 Å². The number of nitrogens with zero attached hydrogens (tertiary/aromatic N) is 1. The summed E-state index contributed by atoms with van der Waals surface area (Å²) in [6, 6.07) is 10.3. The minimum Gasteiger partial charge on any atom is -0.398 e. The molecule has 8 heteroatoms. The number of aromatic nitrogens is 1. The van der Waals surface area contributed by atoms with Crippen molar-refractivity contribution in [2.75, 3.05) is 16.2 Å². The quantitative estimate of drug-likeness (QED) is 0.455. The molecule has 0 amide bonds. The Kier molecular flexibility index (Phi) is 4.85. The first-order valence-corrected chi connectivity index (χ1v) is 10.4. The molecule has 4 N–H and O–H groups in total. The van der Waals surface area contributed by atoms with Gasteiger partial charge in [-0.2, -0.15) is 5.26 Å². The van der Waals surface area contributed by atoms with Crippen LogP contribution in [0.2, 0.25) is 0 Å². The molecule has 3 rings (SSSR count). The van der Waals surface area contributed by atoms with Gasteiger partial charge in [0, 0.05) is 22.2 Å². The van der Waals surface area contributed by atoms with Crippen LogP contribution < -0.4 is 10.5 Å². The average molecular weight is 387 g/mol. The third kappa shape index (κ3) is 3.23. The van der Waals surface area contributed by atoms with Crippen molar-refractivity contribution in [1.29, 1.82) is 5.26 Å². The Morgan fingerprint density at radius 3 is 2.73 bits per heavy atom. The summed E-state index contributed by atoms with van der Waals surface area (Å²) in [4.78, 5) is 3.93. The molecule has 0 radical (unpaired) electrons. The second-order valence-electron chi connectivity index (χ2n) is 5.73. The van der Waals surface area contributed by atoms with E-state index in [2.05, 4.69) is 15.8 Å². The van der Waals surface area contributed by atoms with E-state index >= 15 is 0 Å². The fourth-order valence-electron chi connectivity index (χ4n) is 2.78. The van der Waals surface area contributed by atoms with Crippen LogP contribution in [-0.4, -0.2) is 19.2 Å². The van der Waals surface area contributed by atoms with E-state index in [0.29, 0.717) is 27.8 Å². The molecule has 26 heavy (non-hydrogen) atoms. The minimum absolute atomic E-state index is 0.0937. The minimum atomic E-state index is -3.81. The standard InChI is InChI=1S/C18H18N4O2S2/c1-3-25-16-7-5-13(8-14(16)20)26(23,24)22-15-6-4-11(2)17-12(9-19)10-21-18(15)17/h4-8,10,21-22H,3,20H2,1-2H3. The predicted molar refractivity (Wildman–Crippen MR) is 106 cm³/mol. The molecule has 0 fully saturated rings. The number of fused-ring (bicyclic) bond motifs is 1. The summed E-state index contributed by atoms with van der Waals surface area (Å²) in [7, 11) is -3.81. The van der Waals surface area contributed by atoms with Crippen LogP contribution in [0.3, 0.4) is 0 Å². The molecule has 6 nitrogen and oxygen atoms in total. The number of nitrogens with one attached hydrogen (secondary N) is 2. The van der Waals surface area contributed by atoms with Crippen LogP contribution in [0.25, 0.3) is 10.9 Å². The number of aryl methyl sites for hydroxylation is 1. The third-order valence-electron chi connectivity index (χ3n) is 4.00. The predicted octanol–water partition coefficient (Wildman–Crippen LogP) is 3.84. The maximum Gasteiger partial charge on any atom is 0.262 e. The summed E-state index contributed by atoms with van der Waals surface area (Å²) < 4.78 is 28.1. The number of benzene rings is 2. The molecule has 1 aromatic heterocycles. The van der Waals surface area contributed by atoms with E-state index in [4.69, 9.17) is 5.73 Å². The van der Waals surface area contributed by atoms with Crippen LogP contribution in [0.1, 0.15) is 18.1 Å². The largest absolute Gasteiger partial charge is 0.398 e. The number of sulfonamides is 1. The Bertz CT molecular complexity index is 1130. The number of hydrogen-bond donors (Lipinski definition) is 3. The van der Waals surface area contributed by atoms with Gasteiger partial charge < -0.3 is 10.7 Å². The SMILES string of the molecule is CCSc1ccc(S(=O)(=O)Nc2ccc(C)c3c(C#N)c[nH]c23)cc1N. The van der Waals surface area contributed by atoms with E-state index in [9.17, 15) is 13.7 Å². The van der Waals surface area contributed by atoms with Gasteiger partial charge in [-0.3, -0.25) is 4.72 Å². The van der Waals surface area contributed by atoms with Gasteiger partial charge in [-0.1, -0.05) is 13.0 Å². The van der Waals surface area contributed by atoms with E-state index in [1.807, 2.05) is 13.8 Å². The highest BCUT2D eigenvalue weighted by Crippen LogP contribution is 2.31. The second-order valence-corrected chi connectivity index (χ2v) is 8.72. The van der Waals surface area contributed by atoms with E-state index in [-0.39, 0.29) is 4.90 Å². The van der Waals surface area contributed by atoms with Gasteiger partial charge in [-0.15, -0.1) is 11.8 Å². The summed E-state index contributed by atoms with van der Waals surface area (Å²) in [5, 5.41) is 9.94. The maximum atomic E-state index is 12.8. The van der Waals surface area contributed by atoms with Gasteiger partial charge in [-0.05, 0) is 42.5 Å². The van der Waals surface area contributed by atoms with Crippen molar-refractivity contribution in [2.45, 2.75) is 23.6 Å². The van der Waals surface area contributed by atoms with Crippen molar-refractivity contribution >= 4 is 44.1 Å². The molecule has 0 bridgehead atoms. The Labute approximate surface area is 156 Å². The van der Waals surface area contributed by atoms with Crippen molar-refractivity contribution in [2.24, 2.45) is 0 Å². The molecular formula is C18H18N4O2S2. The molecule has 0 aliphatic rings. The van der Waals surface area contributed by atoms with Crippen molar-refractivity contribution in [3.05, 3.63) is 47.7 Å². The van der Waals surface area contributed by atoms with Gasteiger partial charge in [0.25, 0.3) is 10.0 Å². The van der Waals surface area contributed by atoms with Crippen LogP contribution in [0, 0.1) is 18.3 Å². The first-order valence-electron chi connectivity index (χ1n) is 7.93. The number of aromatic amines is 1. The number of nitriles is 1. The lowest BCUT2D eigenvalue weighted by atomic mass is 10.1. The lowest BCUT2D eigenvalue weighted by molar-refractivity contribution is 0.601. The summed E-state index contributed by atoms with van der Waals surface area (Å²) in [5.74, 6) is 0.851. The number of H-pyrrole nitrogens is 1. The molecule has 0 atom stereocenters. The third-order valence-corrected chi connectivity index (χ3v) is 6.33. The monoisotopic (exact) mass is 386 g/mol. The summed E-state index contributed by atoms with van der Waals surface area (Å²) in [6.07, 6.45) is 1.57. The summed E-state index contributed by atoms with van der Waals surface area (Å²) >= 11 is 1.56. The van der Waals surface area contributed by atoms with Crippen LogP contribution >= 0.6 is 11.8 Å². The van der Waals surface area contributed by atoms with Crippen LogP contribution in [0.5, 0.6) is 0 Å². The van der Waals surface area contributed by atoms with Crippen molar-refractivity contribution in [3.8, 4) is 6.07 Å².